The van der Waals surface area contributed by atoms with Crippen LogP contribution in [0.4, 0.5) is 8.78 Å². The lowest BCUT2D eigenvalue weighted by Crippen LogP contribution is -2.07. The third kappa shape index (κ3) is 4.54. The lowest BCUT2D eigenvalue weighted by Gasteiger charge is -2.22. The van der Waals surface area contributed by atoms with Crippen LogP contribution in [0.5, 0.6) is 5.75 Å². The molecule has 0 aliphatic heterocycles. The number of halogens is 2. The first-order chi connectivity index (χ1) is 11.2. The Labute approximate surface area is 137 Å². The van der Waals surface area contributed by atoms with Crippen LogP contribution in [0.1, 0.15) is 44.6 Å². The van der Waals surface area contributed by atoms with Gasteiger partial charge in [0, 0.05) is 5.56 Å². The van der Waals surface area contributed by atoms with Crippen molar-refractivity contribution in [2.24, 2.45) is 5.92 Å². The quantitative estimate of drug-likeness (QED) is 0.554. The fraction of sp³-hybridized carbons (Fsp3) is 0.400. The summed E-state index contributed by atoms with van der Waals surface area (Å²) in [6, 6.07) is 3.11. The zero-order chi connectivity index (χ0) is 16.7. The summed E-state index contributed by atoms with van der Waals surface area (Å²) in [6.07, 6.45) is 12.8. The van der Waals surface area contributed by atoms with Gasteiger partial charge in [0.2, 0.25) is 5.82 Å². The van der Waals surface area contributed by atoms with Crippen molar-refractivity contribution in [1.29, 1.82) is 0 Å². The van der Waals surface area contributed by atoms with E-state index < -0.39 is 11.6 Å². The van der Waals surface area contributed by atoms with Crippen LogP contribution in [0.3, 0.4) is 0 Å². The molecule has 1 aromatic rings. The molecule has 0 spiro atoms. The maximum Gasteiger partial charge on any atom is 0.201 e. The summed E-state index contributed by atoms with van der Waals surface area (Å²) < 4.78 is 33.5. The molecule has 0 radical (unpaired) electrons. The first-order valence-corrected chi connectivity index (χ1v) is 8.19. The van der Waals surface area contributed by atoms with Crippen molar-refractivity contribution in [2.75, 3.05) is 6.61 Å². The van der Waals surface area contributed by atoms with Gasteiger partial charge in [0.25, 0.3) is 0 Å². The SMILES string of the molecule is C=CCOc1ccc(C2=CCC(CC/C=C/C)CC2)c(F)c1F. The van der Waals surface area contributed by atoms with Gasteiger partial charge in [0.05, 0.1) is 0 Å². The second kappa shape index (κ2) is 8.66. The Kier molecular flexibility index (Phi) is 6.57. The second-order valence-corrected chi connectivity index (χ2v) is 5.86. The molecule has 1 unspecified atom stereocenters. The van der Waals surface area contributed by atoms with Gasteiger partial charge in [-0.3, -0.25) is 0 Å². The van der Waals surface area contributed by atoms with E-state index >= 15 is 0 Å². The molecule has 1 atom stereocenters. The normalized spacial score (nSPS) is 18.0. The van der Waals surface area contributed by atoms with Gasteiger partial charge < -0.3 is 4.74 Å². The number of allylic oxidation sites excluding steroid dienone is 4. The van der Waals surface area contributed by atoms with Crippen molar-refractivity contribution in [3.05, 3.63) is 60.2 Å². The summed E-state index contributed by atoms with van der Waals surface area (Å²) in [7, 11) is 0. The molecule has 0 N–H and O–H groups in total. The van der Waals surface area contributed by atoms with E-state index in [0.29, 0.717) is 11.5 Å². The van der Waals surface area contributed by atoms with E-state index in [1.807, 2.05) is 6.92 Å². The van der Waals surface area contributed by atoms with E-state index in [2.05, 4.69) is 24.8 Å². The Balaban J connectivity index is 2.07. The third-order valence-corrected chi connectivity index (χ3v) is 4.25. The van der Waals surface area contributed by atoms with Crippen molar-refractivity contribution >= 4 is 5.57 Å². The number of hydrogen-bond acceptors (Lipinski definition) is 1. The molecule has 0 amide bonds. The molecular formula is C20H24F2O. The minimum absolute atomic E-state index is 0.0632. The highest BCUT2D eigenvalue weighted by molar-refractivity contribution is 5.67. The van der Waals surface area contributed by atoms with Gasteiger partial charge in [-0.2, -0.15) is 4.39 Å². The summed E-state index contributed by atoms with van der Waals surface area (Å²) in [4.78, 5) is 0. The fourth-order valence-electron chi connectivity index (χ4n) is 2.93. The van der Waals surface area contributed by atoms with Crippen LogP contribution in [0, 0.1) is 17.6 Å². The average molecular weight is 318 g/mol. The molecule has 3 heteroatoms. The molecule has 1 nitrogen and oxygen atoms in total. The largest absolute Gasteiger partial charge is 0.486 e. The van der Waals surface area contributed by atoms with Crippen LogP contribution < -0.4 is 4.74 Å². The molecular weight excluding hydrogens is 294 g/mol. The molecule has 1 aliphatic carbocycles. The van der Waals surface area contributed by atoms with Gasteiger partial charge >= 0.3 is 0 Å². The molecule has 0 saturated heterocycles. The highest BCUT2D eigenvalue weighted by Gasteiger charge is 2.20. The van der Waals surface area contributed by atoms with Crippen LogP contribution in [-0.2, 0) is 0 Å². The summed E-state index contributed by atoms with van der Waals surface area (Å²) >= 11 is 0. The minimum atomic E-state index is -0.916. The number of benzene rings is 1. The van der Waals surface area contributed by atoms with E-state index in [-0.39, 0.29) is 12.4 Å². The fourth-order valence-corrected chi connectivity index (χ4v) is 2.93. The van der Waals surface area contributed by atoms with E-state index in [9.17, 15) is 8.78 Å². The zero-order valence-electron chi connectivity index (χ0n) is 13.7. The Bertz CT molecular complexity index is 602. The minimum Gasteiger partial charge on any atom is -0.486 e. The third-order valence-electron chi connectivity index (χ3n) is 4.25. The van der Waals surface area contributed by atoms with E-state index in [1.165, 1.54) is 12.1 Å². The lowest BCUT2D eigenvalue weighted by atomic mass is 9.84. The summed E-state index contributed by atoms with van der Waals surface area (Å²) in [6.45, 7) is 5.68. The smallest absolute Gasteiger partial charge is 0.201 e. The van der Waals surface area contributed by atoms with Gasteiger partial charge in [-0.15, -0.1) is 0 Å². The van der Waals surface area contributed by atoms with Gasteiger partial charge in [-0.1, -0.05) is 30.9 Å². The molecule has 23 heavy (non-hydrogen) atoms. The van der Waals surface area contributed by atoms with Gasteiger partial charge in [0.15, 0.2) is 11.6 Å². The highest BCUT2D eigenvalue weighted by atomic mass is 19.2. The number of hydrogen-bond donors (Lipinski definition) is 0. The molecule has 0 aromatic heterocycles. The van der Waals surface area contributed by atoms with Crippen molar-refractivity contribution < 1.29 is 13.5 Å². The van der Waals surface area contributed by atoms with Gasteiger partial charge in [0.1, 0.15) is 6.61 Å². The van der Waals surface area contributed by atoms with Gasteiger partial charge in [-0.05, 0) is 62.7 Å². The molecule has 0 fully saturated rings. The van der Waals surface area contributed by atoms with E-state index in [0.717, 1.165) is 37.7 Å². The average Bonchev–Trinajstić information content (AvgIpc) is 2.57. The number of rotatable bonds is 7. The molecule has 1 aromatic carbocycles. The first-order valence-electron chi connectivity index (χ1n) is 8.19. The predicted molar refractivity (Wildman–Crippen MR) is 91.4 cm³/mol. The Morgan fingerprint density at radius 1 is 1.30 bits per heavy atom. The van der Waals surface area contributed by atoms with Crippen LogP contribution in [-0.4, -0.2) is 6.61 Å². The van der Waals surface area contributed by atoms with Crippen molar-refractivity contribution in [1.82, 2.24) is 0 Å². The zero-order valence-corrected chi connectivity index (χ0v) is 13.7. The van der Waals surface area contributed by atoms with Crippen LogP contribution in [0.15, 0.2) is 43.0 Å². The first kappa shape index (κ1) is 17.5. The molecule has 2 rings (SSSR count). The van der Waals surface area contributed by atoms with E-state index in [1.54, 1.807) is 6.07 Å². The maximum absolute atomic E-state index is 14.3. The van der Waals surface area contributed by atoms with E-state index in [4.69, 9.17) is 4.74 Å². The molecule has 124 valence electrons. The van der Waals surface area contributed by atoms with Crippen molar-refractivity contribution in [2.45, 2.75) is 39.0 Å². The Morgan fingerprint density at radius 2 is 2.13 bits per heavy atom. The molecule has 0 saturated carbocycles. The highest BCUT2D eigenvalue weighted by Crippen LogP contribution is 2.35. The predicted octanol–water partition coefficient (Wildman–Crippen LogP) is 6.07. The molecule has 0 bridgehead atoms. The van der Waals surface area contributed by atoms with Crippen molar-refractivity contribution in [3.63, 3.8) is 0 Å². The standard InChI is InChI=1S/C20H24F2O/c1-3-5-6-7-15-8-10-16(11-9-15)17-12-13-18(23-14-4-2)20(22)19(17)21/h3-5,10,12-13,15H,2,6-9,11,14H2,1H3/b5-3+. The summed E-state index contributed by atoms with van der Waals surface area (Å²) in [5.41, 5.74) is 1.26. The molecule has 0 heterocycles. The van der Waals surface area contributed by atoms with Crippen LogP contribution in [0.2, 0.25) is 0 Å². The number of ether oxygens (including phenoxy) is 1. The lowest BCUT2D eigenvalue weighted by molar-refractivity contribution is 0.332. The topological polar surface area (TPSA) is 9.23 Å². The van der Waals surface area contributed by atoms with Gasteiger partial charge in [-0.25, -0.2) is 4.39 Å². The Hall–Kier alpha value is -1.90. The summed E-state index contributed by atoms with van der Waals surface area (Å²) in [5.74, 6) is -1.16. The Morgan fingerprint density at radius 3 is 2.78 bits per heavy atom. The molecule has 1 aliphatic rings. The summed E-state index contributed by atoms with van der Waals surface area (Å²) in [5, 5.41) is 0. The second-order valence-electron chi connectivity index (χ2n) is 5.86. The maximum atomic E-state index is 14.3. The van der Waals surface area contributed by atoms with Crippen LogP contribution >= 0.6 is 0 Å². The van der Waals surface area contributed by atoms with Crippen molar-refractivity contribution in [3.8, 4) is 5.75 Å². The monoisotopic (exact) mass is 318 g/mol. The van der Waals surface area contributed by atoms with Crippen LogP contribution in [0.25, 0.3) is 5.57 Å².